The van der Waals surface area contributed by atoms with E-state index in [-0.39, 0.29) is 18.9 Å². The molecule has 0 aliphatic carbocycles. The van der Waals surface area contributed by atoms with E-state index in [1.165, 1.54) is 12.1 Å². The third-order valence-corrected chi connectivity index (χ3v) is 3.04. The van der Waals surface area contributed by atoms with E-state index in [9.17, 15) is 18.0 Å². The first kappa shape index (κ1) is 16.0. The van der Waals surface area contributed by atoms with Crippen LogP contribution in [-0.4, -0.2) is 24.4 Å². The molecule has 0 aliphatic rings. The largest absolute Gasteiger partial charge is 0.320 e. The van der Waals surface area contributed by atoms with Crippen LogP contribution in [0, 0.1) is 17.5 Å². The van der Waals surface area contributed by atoms with Gasteiger partial charge in [0, 0.05) is 12.1 Å². The number of hydrogen-bond donors (Lipinski definition) is 1. The van der Waals surface area contributed by atoms with Crippen LogP contribution in [0.3, 0.4) is 0 Å². The highest BCUT2D eigenvalue weighted by molar-refractivity contribution is 5.92. The number of anilines is 1. The number of rotatable bonds is 5. The van der Waals surface area contributed by atoms with Gasteiger partial charge in [0.25, 0.3) is 0 Å². The number of carbonyl (C=O) groups is 1. The Kier molecular flexibility index (Phi) is 5.16. The number of amides is 1. The maximum atomic E-state index is 13.5. The van der Waals surface area contributed by atoms with Crippen LogP contribution in [0.1, 0.15) is 5.56 Å². The topological polar surface area (TPSA) is 32.3 Å². The molecule has 22 heavy (non-hydrogen) atoms. The number of carbonyl (C=O) groups excluding carboxylic acids is 1. The monoisotopic (exact) mass is 308 g/mol. The lowest BCUT2D eigenvalue weighted by molar-refractivity contribution is -0.117. The Labute approximate surface area is 126 Å². The molecule has 2 aromatic carbocycles. The molecule has 3 nitrogen and oxygen atoms in total. The van der Waals surface area contributed by atoms with Crippen LogP contribution in [0.25, 0.3) is 0 Å². The van der Waals surface area contributed by atoms with E-state index in [4.69, 9.17) is 0 Å². The quantitative estimate of drug-likeness (QED) is 0.920. The molecule has 2 rings (SSSR count). The van der Waals surface area contributed by atoms with Crippen molar-refractivity contribution in [3.63, 3.8) is 0 Å². The van der Waals surface area contributed by atoms with Crippen LogP contribution in [-0.2, 0) is 11.3 Å². The summed E-state index contributed by atoms with van der Waals surface area (Å²) in [4.78, 5) is 13.4. The molecule has 0 atom stereocenters. The van der Waals surface area contributed by atoms with Gasteiger partial charge >= 0.3 is 0 Å². The molecular weight excluding hydrogens is 293 g/mol. The average Bonchev–Trinajstić information content (AvgIpc) is 2.45. The van der Waals surface area contributed by atoms with Gasteiger partial charge in [0.2, 0.25) is 5.91 Å². The minimum Gasteiger partial charge on any atom is -0.320 e. The van der Waals surface area contributed by atoms with Gasteiger partial charge in [-0.15, -0.1) is 0 Å². The number of benzene rings is 2. The Balaban J connectivity index is 1.96. The zero-order chi connectivity index (χ0) is 16.1. The summed E-state index contributed by atoms with van der Waals surface area (Å²) in [7, 11) is 1.61. The molecule has 0 saturated heterocycles. The number of halogens is 3. The van der Waals surface area contributed by atoms with Gasteiger partial charge in [-0.25, -0.2) is 13.2 Å². The van der Waals surface area contributed by atoms with E-state index in [2.05, 4.69) is 5.32 Å². The Morgan fingerprint density at radius 2 is 1.59 bits per heavy atom. The summed E-state index contributed by atoms with van der Waals surface area (Å²) in [5, 5.41) is 2.19. The fourth-order valence-corrected chi connectivity index (χ4v) is 2.01. The summed E-state index contributed by atoms with van der Waals surface area (Å²) in [5.41, 5.74) is -0.0401. The second kappa shape index (κ2) is 7.09. The summed E-state index contributed by atoms with van der Waals surface area (Å²) < 4.78 is 40.4. The first-order valence-electron chi connectivity index (χ1n) is 6.63. The van der Waals surface area contributed by atoms with Crippen LogP contribution in [0.5, 0.6) is 0 Å². The van der Waals surface area contributed by atoms with E-state index < -0.39 is 23.2 Å². The van der Waals surface area contributed by atoms with Gasteiger partial charge in [0.15, 0.2) is 0 Å². The standard InChI is InChI=1S/C16H15F3N2O/c1-21(9-11-5-2-3-6-12(11)17)10-15(22)20-16-13(18)7-4-8-14(16)19/h2-8H,9-10H2,1H3,(H,20,22). The first-order valence-corrected chi connectivity index (χ1v) is 6.63. The maximum absolute atomic E-state index is 13.5. The molecular formula is C16H15F3N2O. The first-order chi connectivity index (χ1) is 10.5. The minimum atomic E-state index is -0.842. The van der Waals surface area contributed by atoms with Crippen molar-refractivity contribution in [2.45, 2.75) is 6.54 Å². The van der Waals surface area contributed by atoms with Crippen molar-refractivity contribution in [3.05, 3.63) is 65.5 Å². The Bertz CT molecular complexity index is 656. The summed E-state index contributed by atoms with van der Waals surface area (Å²) >= 11 is 0. The van der Waals surface area contributed by atoms with Crippen molar-refractivity contribution in [2.75, 3.05) is 18.9 Å². The summed E-state index contributed by atoms with van der Waals surface area (Å²) in [6.07, 6.45) is 0. The predicted molar refractivity (Wildman–Crippen MR) is 77.7 cm³/mol. The Morgan fingerprint density at radius 3 is 2.23 bits per heavy atom. The fourth-order valence-electron chi connectivity index (χ4n) is 2.01. The summed E-state index contributed by atoms with van der Waals surface area (Å²) in [6.45, 7) is 0.0853. The van der Waals surface area contributed by atoms with Gasteiger partial charge in [0.05, 0.1) is 6.54 Å². The number of likely N-dealkylation sites (N-methyl/N-ethyl adjacent to an activating group) is 1. The summed E-state index contributed by atoms with van der Waals surface area (Å²) in [5.74, 6) is -2.63. The average molecular weight is 308 g/mol. The van der Waals surface area contributed by atoms with E-state index in [0.29, 0.717) is 5.56 Å². The molecule has 116 valence electrons. The van der Waals surface area contributed by atoms with Crippen molar-refractivity contribution in [1.29, 1.82) is 0 Å². The SMILES string of the molecule is CN(CC(=O)Nc1c(F)cccc1F)Cc1ccccc1F. The van der Waals surface area contributed by atoms with Gasteiger partial charge in [0.1, 0.15) is 23.1 Å². The van der Waals surface area contributed by atoms with E-state index in [1.54, 1.807) is 30.1 Å². The highest BCUT2D eigenvalue weighted by atomic mass is 19.1. The molecule has 0 fully saturated rings. The van der Waals surface area contributed by atoms with Gasteiger partial charge < -0.3 is 5.32 Å². The van der Waals surface area contributed by atoms with Gasteiger partial charge in [-0.05, 0) is 25.2 Å². The zero-order valence-corrected chi connectivity index (χ0v) is 11.9. The van der Waals surface area contributed by atoms with Crippen molar-refractivity contribution in [2.24, 2.45) is 0 Å². The highest BCUT2D eigenvalue weighted by Gasteiger charge is 2.14. The molecule has 1 amide bonds. The lowest BCUT2D eigenvalue weighted by atomic mass is 10.2. The lowest BCUT2D eigenvalue weighted by Gasteiger charge is -2.17. The number of hydrogen-bond acceptors (Lipinski definition) is 2. The Hall–Kier alpha value is -2.34. The summed E-state index contributed by atoms with van der Waals surface area (Å²) in [6, 6.07) is 9.54. The molecule has 0 spiro atoms. The molecule has 0 aliphatic heterocycles. The maximum Gasteiger partial charge on any atom is 0.238 e. The van der Waals surface area contributed by atoms with Crippen LogP contribution < -0.4 is 5.32 Å². The number of nitrogens with zero attached hydrogens (tertiary/aromatic N) is 1. The van der Waals surface area contributed by atoms with Crippen LogP contribution >= 0.6 is 0 Å². The molecule has 0 aromatic heterocycles. The molecule has 0 heterocycles. The Morgan fingerprint density at radius 1 is 1.00 bits per heavy atom. The second-order valence-corrected chi connectivity index (χ2v) is 4.91. The smallest absolute Gasteiger partial charge is 0.238 e. The van der Waals surface area contributed by atoms with Gasteiger partial charge in [-0.2, -0.15) is 0 Å². The lowest BCUT2D eigenvalue weighted by Crippen LogP contribution is -2.30. The molecule has 2 aromatic rings. The van der Waals surface area contributed by atoms with E-state index >= 15 is 0 Å². The third-order valence-electron chi connectivity index (χ3n) is 3.04. The molecule has 0 saturated carbocycles. The molecule has 0 unspecified atom stereocenters. The van der Waals surface area contributed by atoms with Crippen molar-refractivity contribution >= 4 is 11.6 Å². The molecule has 0 bridgehead atoms. The number of nitrogens with one attached hydrogen (secondary N) is 1. The van der Waals surface area contributed by atoms with Crippen LogP contribution in [0.4, 0.5) is 18.9 Å². The zero-order valence-electron chi connectivity index (χ0n) is 11.9. The van der Waals surface area contributed by atoms with Crippen molar-refractivity contribution < 1.29 is 18.0 Å². The van der Waals surface area contributed by atoms with Gasteiger partial charge in [-0.3, -0.25) is 9.69 Å². The second-order valence-electron chi connectivity index (χ2n) is 4.91. The van der Waals surface area contributed by atoms with E-state index in [0.717, 1.165) is 12.1 Å². The fraction of sp³-hybridized carbons (Fsp3) is 0.188. The van der Waals surface area contributed by atoms with E-state index in [1.807, 2.05) is 0 Å². The normalized spacial score (nSPS) is 10.8. The third kappa shape index (κ3) is 4.08. The minimum absolute atomic E-state index is 0.123. The predicted octanol–water partition coefficient (Wildman–Crippen LogP) is 3.17. The van der Waals surface area contributed by atoms with Crippen molar-refractivity contribution in [3.8, 4) is 0 Å². The number of para-hydroxylation sites is 1. The van der Waals surface area contributed by atoms with Crippen molar-refractivity contribution in [1.82, 2.24) is 4.90 Å². The molecule has 0 radical (unpaired) electrons. The molecule has 6 heteroatoms. The highest BCUT2D eigenvalue weighted by Crippen LogP contribution is 2.18. The van der Waals surface area contributed by atoms with Crippen LogP contribution in [0.2, 0.25) is 0 Å². The molecule has 1 N–H and O–H groups in total. The van der Waals surface area contributed by atoms with Gasteiger partial charge in [-0.1, -0.05) is 24.3 Å². The van der Waals surface area contributed by atoms with Crippen LogP contribution in [0.15, 0.2) is 42.5 Å².